The topological polar surface area (TPSA) is 41.1 Å². The van der Waals surface area contributed by atoms with Gasteiger partial charge in [0, 0.05) is 6.54 Å². The van der Waals surface area contributed by atoms with Crippen LogP contribution in [0, 0.1) is 5.41 Å². The zero-order valence-corrected chi connectivity index (χ0v) is 11.9. The summed E-state index contributed by atoms with van der Waals surface area (Å²) in [5, 5.41) is 6.51. The van der Waals surface area contributed by atoms with Gasteiger partial charge in [-0.3, -0.25) is 4.79 Å². The summed E-state index contributed by atoms with van der Waals surface area (Å²) in [6.07, 6.45) is 5.14. The van der Waals surface area contributed by atoms with E-state index in [9.17, 15) is 4.79 Å². The fourth-order valence-electron chi connectivity index (χ4n) is 2.47. The maximum Gasteiger partial charge on any atom is 0.240 e. The molecule has 0 aliphatic carbocycles. The van der Waals surface area contributed by atoms with E-state index >= 15 is 0 Å². The van der Waals surface area contributed by atoms with Crippen molar-refractivity contribution in [2.45, 2.75) is 65.3 Å². The lowest BCUT2D eigenvalue weighted by molar-refractivity contribution is -0.127. The highest BCUT2D eigenvalue weighted by Gasteiger charge is 2.39. The minimum atomic E-state index is -0.271. The first-order chi connectivity index (χ1) is 7.90. The highest BCUT2D eigenvalue weighted by Crippen LogP contribution is 2.25. The van der Waals surface area contributed by atoms with Crippen LogP contribution in [0.1, 0.15) is 59.8 Å². The van der Waals surface area contributed by atoms with E-state index in [4.69, 9.17) is 0 Å². The minimum absolute atomic E-state index is 0.209. The molecule has 3 nitrogen and oxygen atoms in total. The SMILES string of the molecule is CCCC1(C(=O)NCCC(C)(C)C)CCCN1. The fraction of sp³-hybridized carbons (Fsp3) is 0.929. The monoisotopic (exact) mass is 240 g/mol. The predicted molar refractivity (Wildman–Crippen MR) is 72.0 cm³/mol. The summed E-state index contributed by atoms with van der Waals surface area (Å²) in [5.74, 6) is 0.209. The summed E-state index contributed by atoms with van der Waals surface area (Å²) >= 11 is 0. The van der Waals surface area contributed by atoms with Gasteiger partial charge < -0.3 is 10.6 Å². The van der Waals surface area contributed by atoms with Crippen molar-refractivity contribution in [1.29, 1.82) is 0 Å². The average molecular weight is 240 g/mol. The first-order valence-electron chi connectivity index (χ1n) is 6.93. The van der Waals surface area contributed by atoms with E-state index < -0.39 is 0 Å². The third kappa shape index (κ3) is 4.30. The van der Waals surface area contributed by atoms with Gasteiger partial charge in [-0.1, -0.05) is 34.1 Å². The van der Waals surface area contributed by atoms with Gasteiger partial charge in [0.05, 0.1) is 5.54 Å². The van der Waals surface area contributed by atoms with Crippen molar-refractivity contribution >= 4 is 5.91 Å². The molecule has 1 amide bonds. The van der Waals surface area contributed by atoms with Crippen LogP contribution in [-0.4, -0.2) is 24.5 Å². The van der Waals surface area contributed by atoms with Crippen LogP contribution in [0.5, 0.6) is 0 Å². The number of hydrogen-bond donors (Lipinski definition) is 2. The number of carbonyl (C=O) groups is 1. The van der Waals surface area contributed by atoms with Gasteiger partial charge in [-0.15, -0.1) is 0 Å². The summed E-state index contributed by atoms with van der Waals surface area (Å²) in [4.78, 5) is 12.3. The summed E-state index contributed by atoms with van der Waals surface area (Å²) < 4.78 is 0. The van der Waals surface area contributed by atoms with Gasteiger partial charge >= 0.3 is 0 Å². The van der Waals surface area contributed by atoms with Gasteiger partial charge in [0.25, 0.3) is 0 Å². The number of nitrogens with one attached hydrogen (secondary N) is 2. The van der Waals surface area contributed by atoms with E-state index in [0.29, 0.717) is 0 Å². The highest BCUT2D eigenvalue weighted by atomic mass is 16.2. The molecule has 1 saturated heterocycles. The van der Waals surface area contributed by atoms with Crippen LogP contribution in [0.3, 0.4) is 0 Å². The molecule has 1 fully saturated rings. The molecule has 1 atom stereocenters. The molecular formula is C14H28N2O. The Hall–Kier alpha value is -0.570. The number of hydrogen-bond acceptors (Lipinski definition) is 2. The quantitative estimate of drug-likeness (QED) is 0.775. The Morgan fingerprint density at radius 3 is 2.59 bits per heavy atom. The molecule has 0 aromatic rings. The Morgan fingerprint density at radius 1 is 1.41 bits per heavy atom. The van der Waals surface area contributed by atoms with Crippen molar-refractivity contribution in [2.75, 3.05) is 13.1 Å². The van der Waals surface area contributed by atoms with Crippen LogP contribution in [0.4, 0.5) is 0 Å². The molecule has 0 radical (unpaired) electrons. The summed E-state index contributed by atoms with van der Waals surface area (Å²) in [6, 6.07) is 0. The Morgan fingerprint density at radius 2 is 2.12 bits per heavy atom. The van der Waals surface area contributed by atoms with Crippen molar-refractivity contribution in [3.05, 3.63) is 0 Å². The predicted octanol–water partition coefficient (Wildman–Crippen LogP) is 2.46. The molecule has 1 rings (SSSR count). The van der Waals surface area contributed by atoms with Crippen LogP contribution in [-0.2, 0) is 4.79 Å². The first kappa shape index (κ1) is 14.5. The third-order valence-electron chi connectivity index (χ3n) is 3.52. The van der Waals surface area contributed by atoms with Gasteiger partial charge in [0.2, 0.25) is 5.91 Å². The second kappa shape index (κ2) is 5.85. The van der Waals surface area contributed by atoms with Gasteiger partial charge in [-0.05, 0) is 37.6 Å². The van der Waals surface area contributed by atoms with Crippen molar-refractivity contribution in [3.63, 3.8) is 0 Å². The van der Waals surface area contributed by atoms with Gasteiger partial charge in [-0.2, -0.15) is 0 Å². The van der Waals surface area contributed by atoms with E-state index in [0.717, 1.165) is 45.2 Å². The molecule has 0 bridgehead atoms. The molecule has 1 heterocycles. The van der Waals surface area contributed by atoms with Crippen molar-refractivity contribution in [1.82, 2.24) is 10.6 Å². The Labute approximate surface area is 106 Å². The Balaban J connectivity index is 2.44. The van der Waals surface area contributed by atoms with E-state index in [1.54, 1.807) is 0 Å². The van der Waals surface area contributed by atoms with Crippen LogP contribution >= 0.6 is 0 Å². The maximum absolute atomic E-state index is 12.3. The van der Waals surface area contributed by atoms with Crippen molar-refractivity contribution in [3.8, 4) is 0 Å². The van der Waals surface area contributed by atoms with E-state index in [-0.39, 0.29) is 16.9 Å². The van der Waals surface area contributed by atoms with Crippen molar-refractivity contribution in [2.24, 2.45) is 5.41 Å². The molecule has 1 aliphatic rings. The molecule has 3 heteroatoms. The Kier molecular flexibility index (Phi) is 4.99. The number of carbonyl (C=O) groups excluding carboxylic acids is 1. The molecule has 17 heavy (non-hydrogen) atoms. The lowest BCUT2D eigenvalue weighted by atomic mass is 9.89. The average Bonchev–Trinajstić information content (AvgIpc) is 2.66. The molecular weight excluding hydrogens is 212 g/mol. The zero-order chi connectivity index (χ0) is 12.9. The van der Waals surface area contributed by atoms with E-state index in [1.807, 2.05) is 0 Å². The second-order valence-electron chi connectivity index (χ2n) is 6.43. The molecule has 0 spiro atoms. The molecule has 2 N–H and O–H groups in total. The minimum Gasteiger partial charge on any atom is -0.354 e. The normalized spacial score (nSPS) is 24.9. The standard InChI is InChI=1S/C14H28N2O/c1-5-7-14(8-6-10-16-14)12(17)15-11-9-13(2,3)4/h16H,5-11H2,1-4H3,(H,15,17). The fourth-order valence-corrected chi connectivity index (χ4v) is 2.47. The zero-order valence-electron chi connectivity index (χ0n) is 11.9. The number of rotatable bonds is 5. The van der Waals surface area contributed by atoms with Crippen LogP contribution in [0.15, 0.2) is 0 Å². The van der Waals surface area contributed by atoms with E-state index in [1.165, 1.54) is 0 Å². The van der Waals surface area contributed by atoms with Gasteiger partial charge in [0.1, 0.15) is 0 Å². The molecule has 1 unspecified atom stereocenters. The van der Waals surface area contributed by atoms with Crippen molar-refractivity contribution < 1.29 is 4.79 Å². The summed E-state index contributed by atoms with van der Waals surface area (Å²) in [5.41, 5.74) is 0.0148. The van der Waals surface area contributed by atoms with Gasteiger partial charge in [-0.25, -0.2) is 0 Å². The lowest BCUT2D eigenvalue weighted by Gasteiger charge is -2.28. The maximum atomic E-state index is 12.3. The van der Waals surface area contributed by atoms with Gasteiger partial charge in [0.15, 0.2) is 0 Å². The van der Waals surface area contributed by atoms with Crippen LogP contribution < -0.4 is 10.6 Å². The van der Waals surface area contributed by atoms with E-state index in [2.05, 4.69) is 38.3 Å². The van der Waals surface area contributed by atoms with Crippen LogP contribution in [0.2, 0.25) is 0 Å². The molecule has 0 saturated carbocycles. The number of amides is 1. The van der Waals surface area contributed by atoms with Crippen LogP contribution in [0.25, 0.3) is 0 Å². The lowest BCUT2D eigenvalue weighted by Crippen LogP contribution is -2.53. The highest BCUT2D eigenvalue weighted by molar-refractivity contribution is 5.86. The molecule has 0 aromatic carbocycles. The first-order valence-corrected chi connectivity index (χ1v) is 6.93. The third-order valence-corrected chi connectivity index (χ3v) is 3.52. The summed E-state index contributed by atoms with van der Waals surface area (Å²) in [7, 11) is 0. The summed E-state index contributed by atoms with van der Waals surface area (Å²) in [6.45, 7) is 10.5. The molecule has 100 valence electrons. The largest absolute Gasteiger partial charge is 0.354 e. The Bertz CT molecular complexity index is 249. The molecule has 1 aliphatic heterocycles. The molecule has 0 aromatic heterocycles. The second-order valence-corrected chi connectivity index (χ2v) is 6.43. The smallest absolute Gasteiger partial charge is 0.240 e.